The highest BCUT2D eigenvalue weighted by atomic mass is 35.5. The minimum atomic E-state index is -0.549. The largest absolute Gasteiger partial charge is 0.508 e. The predicted molar refractivity (Wildman–Crippen MR) is 55.2 cm³/mol. The van der Waals surface area contributed by atoms with Crippen LogP contribution in [0.5, 0.6) is 5.75 Å². The third-order valence-corrected chi connectivity index (χ3v) is 2.49. The standard InChI is InChI=1S/C10H13ClFNO/c1-6(4-5-13)9-8(14)3-2-7(11)10(9)12/h2-3,6,14H,4-5,13H2,1H3. The maximum absolute atomic E-state index is 13.5. The highest BCUT2D eigenvalue weighted by Crippen LogP contribution is 2.33. The van der Waals surface area contributed by atoms with Gasteiger partial charge in [0.1, 0.15) is 11.6 Å². The minimum Gasteiger partial charge on any atom is -0.508 e. The number of hydrogen-bond donors (Lipinski definition) is 2. The van der Waals surface area contributed by atoms with Crippen LogP contribution in [0.25, 0.3) is 0 Å². The quantitative estimate of drug-likeness (QED) is 0.818. The zero-order valence-corrected chi connectivity index (χ0v) is 8.68. The SMILES string of the molecule is CC(CCN)c1c(O)ccc(Cl)c1F. The Morgan fingerprint density at radius 3 is 2.79 bits per heavy atom. The van der Waals surface area contributed by atoms with Gasteiger partial charge in [-0.15, -0.1) is 0 Å². The number of nitrogens with two attached hydrogens (primary N) is 1. The summed E-state index contributed by atoms with van der Waals surface area (Å²) in [6, 6.07) is 2.73. The van der Waals surface area contributed by atoms with Crippen LogP contribution in [0.3, 0.4) is 0 Å². The summed E-state index contributed by atoms with van der Waals surface area (Å²) in [5.74, 6) is -0.737. The van der Waals surface area contributed by atoms with E-state index < -0.39 is 5.82 Å². The van der Waals surface area contributed by atoms with E-state index in [1.54, 1.807) is 6.92 Å². The molecule has 78 valence electrons. The number of aromatic hydroxyl groups is 1. The monoisotopic (exact) mass is 217 g/mol. The van der Waals surface area contributed by atoms with E-state index in [-0.39, 0.29) is 22.3 Å². The van der Waals surface area contributed by atoms with Gasteiger partial charge in [0.05, 0.1) is 5.02 Å². The van der Waals surface area contributed by atoms with E-state index in [2.05, 4.69) is 0 Å². The van der Waals surface area contributed by atoms with Crippen molar-refractivity contribution in [2.75, 3.05) is 6.54 Å². The lowest BCUT2D eigenvalue weighted by atomic mass is 9.96. The Kier molecular flexibility index (Phi) is 3.72. The molecule has 0 saturated carbocycles. The molecule has 1 aromatic rings. The summed E-state index contributed by atoms with van der Waals surface area (Å²) in [4.78, 5) is 0. The molecule has 1 atom stereocenters. The molecule has 0 spiro atoms. The van der Waals surface area contributed by atoms with Crippen molar-refractivity contribution in [3.63, 3.8) is 0 Å². The molecule has 0 aliphatic carbocycles. The lowest BCUT2D eigenvalue weighted by Crippen LogP contribution is -2.06. The van der Waals surface area contributed by atoms with Crippen molar-refractivity contribution in [2.24, 2.45) is 5.73 Å². The minimum absolute atomic E-state index is 0.0293. The molecular formula is C10H13ClFNO. The fourth-order valence-corrected chi connectivity index (χ4v) is 1.58. The van der Waals surface area contributed by atoms with Crippen LogP contribution in [0.15, 0.2) is 12.1 Å². The molecule has 0 aromatic heterocycles. The second kappa shape index (κ2) is 4.62. The van der Waals surface area contributed by atoms with Crippen LogP contribution in [-0.2, 0) is 0 Å². The zero-order chi connectivity index (χ0) is 10.7. The van der Waals surface area contributed by atoms with Crippen molar-refractivity contribution >= 4 is 11.6 Å². The van der Waals surface area contributed by atoms with Crippen molar-refractivity contribution in [3.05, 3.63) is 28.5 Å². The summed E-state index contributed by atoms with van der Waals surface area (Å²) < 4.78 is 13.5. The van der Waals surface area contributed by atoms with E-state index in [0.29, 0.717) is 13.0 Å². The van der Waals surface area contributed by atoms with Crippen molar-refractivity contribution < 1.29 is 9.50 Å². The Morgan fingerprint density at radius 1 is 1.57 bits per heavy atom. The molecule has 0 amide bonds. The summed E-state index contributed by atoms with van der Waals surface area (Å²) >= 11 is 5.61. The van der Waals surface area contributed by atoms with E-state index >= 15 is 0 Å². The van der Waals surface area contributed by atoms with Gasteiger partial charge in [-0.3, -0.25) is 0 Å². The van der Waals surface area contributed by atoms with E-state index in [4.69, 9.17) is 17.3 Å². The van der Waals surface area contributed by atoms with Gasteiger partial charge in [0.15, 0.2) is 0 Å². The van der Waals surface area contributed by atoms with Crippen LogP contribution < -0.4 is 5.73 Å². The molecule has 1 unspecified atom stereocenters. The average Bonchev–Trinajstić information content (AvgIpc) is 2.13. The van der Waals surface area contributed by atoms with Crippen molar-refractivity contribution in [1.29, 1.82) is 0 Å². The molecule has 2 nitrogen and oxygen atoms in total. The van der Waals surface area contributed by atoms with Gasteiger partial charge in [0, 0.05) is 5.56 Å². The molecule has 4 heteroatoms. The van der Waals surface area contributed by atoms with E-state index in [0.717, 1.165) is 0 Å². The molecule has 0 bridgehead atoms. The third kappa shape index (κ3) is 2.16. The predicted octanol–water partition coefficient (Wildman–Crippen LogP) is 2.64. The second-order valence-corrected chi connectivity index (χ2v) is 3.68. The molecule has 1 aromatic carbocycles. The summed E-state index contributed by atoms with van der Waals surface area (Å²) in [7, 11) is 0. The van der Waals surface area contributed by atoms with Crippen molar-refractivity contribution in [3.8, 4) is 5.75 Å². The number of rotatable bonds is 3. The first-order chi connectivity index (χ1) is 6.57. The van der Waals surface area contributed by atoms with Gasteiger partial charge in [-0.05, 0) is 31.0 Å². The highest BCUT2D eigenvalue weighted by molar-refractivity contribution is 6.30. The molecule has 1 rings (SSSR count). The Morgan fingerprint density at radius 2 is 2.21 bits per heavy atom. The molecule has 0 radical (unpaired) electrons. The van der Waals surface area contributed by atoms with Crippen LogP contribution in [0, 0.1) is 5.82 Å². The van der Waals surface area contributed by atoms with Gasteiger partial charge in [0.2, 0.25) is 0 Å². The summed E-state index contributed by atoms with van der Waals surface area (Å²) in [6.07, 6.45) is 0.616. The van der Waals surface area contributed by atoms with E-state index in [1.165, 1.54) is 12.1 Å². The highest BCUT2D eigenvalue weighted by Gasteiger charge is 2.17. The Labute approximate surface area is 87.5 Å². The summed E-state index contributed by atoms with van der Waals surface area (Å²) in [6.45, 7) is 2.26. The van der Waals surface area contributed by atoms with Crippen LogP contribution in [0.2, 0.25) is 5.02 Å². The van der Waals surface area contributed by atoms with Gasteiger partial charge in [0.25, 0.3) is 0 Å². The Hall–Kier alpha value is -0.800. The summed E-state index contributed by atoms with van der Waals surface area (Å²) in [5, 5.41) is 9.50. The Bertz CT molecular complexity index is 330. The normalized spacial score (nSPS) is 12.9. The molecule has 3 N–H and O–H groups in total. The maximum Gasteiger partial charge on any atom is 0.148 e. The molecule has 0 saturated heterocycles. The smallest absolute Gasteiger partial charge is 0.148 e. The lowest BCUT2D eigenvalue weighted by molar-refractivity contribution is 0.448. The zero-order valence-electron chi connectivity index (χ0n) is 7.93. The number of benzene rings is 1. The number of hydrogen-bond acceptors (Lipinski definition) is 2. The van der Waals surface area contributed by atoms with Crippen LogP contribution in [0.1, 0.15) is 24.8 Å². The maximum atomic E-state index is 13.5. The fraction of sp³-hybridized carbons (Fsp3) is 0.400. The van der Waals surface area contributed by atoms with E-state index in [1.807, 2.05) is 0 Å². The van der Waals surface area contributed by atoms with Gasteiger partial charge in [-0.2, -0.15) is 0 Å². The molecule has 0 aliphatic rings. The van der Waals surface area contributed by atoms with Crippen molar-refractivity contribution in [1.82, 2.24) is 0 Å². The topological polar surface area (TPSA) is 46.2 Å². The van der Waals surface area contributed by atoms with Crippen molar-refractivity contribution in [2.45, 2.75) is 19.3 Å². The summed E-state index contributed by atoms with van der Waals surface area (Å²) in [5.41, 5.74) is 5.62. The molecule has 14 heavy (non-hydrogen) atoms. The first kappa shape index (κ1) is 11.3. The van der Waals surface area contributed by atoms with Gasteiger partial charge < -0.3 is 10.8 Å². The average molecular weight is 218 g/mol. The van der Waals surface area contributed by atoms with Gasteiger partial charge >= 0.3 is 0 Å². The number of halogens is 2. The molecule has 0 aliphatic heterocycles. The first-order valence-corrected chi connectivity index (χ1v) is 4.82. The molecule has 0 heterocycles. The van der Waals surface area contributed by atoms with E-state index in [9.17, 15) is 9.50 Å². The molecule has 0 fully saturated rings. The number of phenols is 1. The number of phenolic OH excluding ortho intramolecular Hbond substituents is 1. The molecular weight excluding hydrogens is 205 g/mol. The van der Waals surface area contributed by atoms with Gasteiger partial charge in [-0.1, -0.05) is 18.5 Å². The fourth-order valence-electron chi connectivity index (χ4n) is 1.42. The lowest BCUT2D eigenvalue weighted by Gasteiger charge is -2.13. The Balaban J connectivity index is 3.11. The first-order valence-electron chi connectivity index (χ1n) is 4.44. The second-order valence-electron chi connectivity index (χ2n) is 3.27. The third-order valence-electron chi connectivity index (χ3n) is 2.20. The van der Waals surface area contributed by atoms with Crippen LogP contribution in [-0.4, -0.2) is 11.7 Å². The van der Waals surface area contributed by atoms with Gasteiger partial charge in [-0.25, -0.2) is 4.39 Å². The van der Waals surface area contributed by atoms with Crippen LogP contribution in [0.4, 0.5) is 4.39 Å². The van der Waals surface area contributed by atoms with Crippen LogP contribution >= 0.6 is 11.6 Å².